The van der Waals surface area contributed by atoms with Crippen LogP contribution in [0.25, 0.3) is 0 Å². The van der Waals surface area contributed by atoms with Gasteiger partial charge in [-0.15, -0.1) is 0 Å². The summed E-state index contributed by atoms with van der Waals surface area (Å²) >= 11 is 0. The molecule has 0 atom stereocenters. The molecule has 1 fully saturated rings. The predicted molar refractivity (Wildman–Crippen MR) is 98.8 cm³/mol. The number of benzene rings is 1. The monoisotopic (exact) mass is 336 g/mol. The summed E-state index contributed by atoms with van der Waals surface area (Å²) in [5, 5.41) is 0. The molecule has 0 unspecified atom stereocenters. The van der Waals surface area contributed by atoms with Gasteiger partial charge in [0.1, 0.15) is 5.69 Å². The average molecular weight is 336 g/mol. The Morgan fingerprint density at radius 2 is 1.72 bits per heavy atom. The van der Waals surface area contributed by atoms with E-state index in [1.54, 1.807) is 0 Å². The van der Waals surface area contributed by atoms with Gasteiger partial charge in [0, 0.05) is 39.3 Å². The summed E-state index contributed by atoms with van der Waals surface area (Å²) in [6.07, 6.45) is 2.90. The number of fused-ring (bicyclic) bond motifs is 1. The average Bonchev–Trinajstić information content (AvgIpc) is 2.68. The Balaban J connectivity index is 1.45. The van der Waals surface area contributed by atoms with Crippen molar-refractivity contribution in [3.63, 3.8) is 0 Å². The van der Waals surface area contributed by atoms with Crippen molar-refractivity contribution in [2.24, 2.45) is 0 Å². The molecule has 2 aliphatic heterocycles. The molecule has 0 bridgehead atoms. The van der Waals surface area contributed by atoms with Crippen LogP contribution in [0.5, 0.6) is 0 Å². The lowest BCUT2D eigenvalue weighted by Gasteiger charge is -2.32. The van der Waals surface area contributed by atoms with Crippen LogP contribution in [0.15, 0.2) is 42.6 Å². The SMILES string of the molecule is CN1CCN(C(=O)c2ccc(N3CCc4ccccc4C3)cn2)CC1. The summed E-state index contributed by atoms with van der Waals surface area (Å²) in [5.74, 6) is 0.0450. The lowest BCUT2D eigenvalue weighted by molar-refractivity contribution is 0.0658. The van der Waals surface area contributed by atoms with Gasteiger partial charge in [-0.2, -0.15) is 0 Å². The van der Waals surface area contributed by atoms with Crippen molar-refractivity contribution in [3.8, 4) is 0 Å². The van der Waals surface area contributed by atoms with E-state index in [1.807, 2.05) is 23.2 Å². The van der Waals surface area contributed by atoms with Gasteiger partial charge in [-0.05, 0) is 36.7 Å². The van der Waals surface area contributed by atoms with Crippen LogP contribution >= 0.6 is 0 Å². The van der Waals surface area contributed by atoms with E-state index < -0.39 is 0 Å². The Kier molecular flexibility index (Phi) is 4.40. The van der Waals surface area contributed by atoms with Gasteiger partial charge in [0.05, 0.1) is 11.9 Å². The molecule has 25 heavy (non-hydrogen) atoms. The summed E-state index contributed by atoms with van der Waals surface area (Å²) in [4.78, 5) is 23.5. The second-order valence-corrected chi connectivity index (χ2v) is 6.94. The standard InChI is InChI=1S/C20H24N4O/c1-22-10-12-23(13-11-22)20(25)19-7-6-18(14-21-19)24-9-8-16-4-2-3-5-17(16)15-24/h2-7,14H,8-13,15H2,1H3. The number of pyridine rings is 1. The van der Waals surface area contributed by atoms with Crippen molar-refractivity contribution >= 4 is 11.6 Å². The van der Waals surface area contributed by atoms with E-state index in [9.17, 15) is 4.79 Å². The normalized spacial score (nSPS) is 18.1. The van der Waals surface area contributed by atoms with Crippen LogP contribution < -0.4 is 4.90 Å². The van der Waals surface area contributed by atoms with E-state index in [0.717, 1.165) is 51.4 Å². The minimum Gasteiger partial charge on any atom is -0.366 e. The molecule has 3 heterocycles. The number of hydrogen-bond donors (Lipinski definition) is 0. The minimum absolute atomic E-state index is 0.0450. The molecule has 0 saturated carbocycles. The first kappa shape index (κ1) is 16.1. The minimum atomic E-state index is 0.0450. The predicted octanol–water partition coefficient (Wildman–Crippen LogP) is 2.03. The van der Waals surface area contributed by atoms with Crippen LogP contribution in [0.3, 0.4) is 0 Å². The first-order valence-corrected chi connectivity index (χ1v) is 8.96. The molecule has 4 rings (SSSR count). The largest absolute Gasteiger partial charge is 0.366 e. The molecule has 1 aromatic carbocycles. The van der Waals surface area contributed by atoms with Gasteiger partial charge in [-0.1, -0.05) is 24.3 Å². The molecule has 1 saturated heterocycles. The Bertz CT molecular complexity index is 751. The van der Waals surface area contributed by atoms with E-state index in [2.05, 4.69) is 46.1 Å². The maximum atomic E-state index is 12.6. The van der Waals surface area contributed by atoms with Gasteiger partial charge in [0.15, 0.2) is 0 Å². The third-order valence-electron chi connectivity index (χ3n) is 5.25. The van der Waals surface area contributed by atoms with Crippen molar-refractivity contribution in [3.05, 3.63) is 59.4 Å². The van der Waals surface area contributed by atoms with Gasteiger partial charge in [-0.25, -0.2) is 4.98 Å². The van der Waals surface area contributed by atoms with Gasteiger partial charge in [-0.3, -0.25) is 4.79 Å². The molecule has 1 amide bonds. The second kappa shape index (κ2) is 6.84. The third kappa shape index (κ3) is 3.37. The smallest absolute Gasteiger partial charge is 0.272 e. The molecule has 1 aromatic heterocycles. The zero-order chi connectivity index (χ0) is 17.2. The number of amides is 1. The summed E-state index contributed by atoms with van der Waals surface area (Å²) in [6, 6.07) is 12.5. The first-order valence-electron chi connectivity index (χ1n) is 8.96. The van der Waals surface area contributed by atoms with Crippen LogP contribution in [0, 0.1) is 0 Å². The van der Waals surface area contributed by atoms with Crippen molar-refractivity contribution in [1.29, 1.82) is 0 Å². The first-order chi connectivity index (χ1) is 12.2. The van der Waals surface area contributed by atoms with Gasteiger partial charge < -0.3 is 14.7 Å². The van der Waals surface area contributed by atoms with Crippen LogP contribution in [0.4, 0.5) is 5.69 Å². The molecule has 2 aliphatic rings. The number of carbonyl (C=O) groups is 1. The Hall–Kier alpha value is -2.40. The number of likely N-dealkylation sites (N-methyl/N-ethyl adjacent to an activating group) is 1. The molecule has 5 heteroatoms. The highest BCUT2D eigenvalue weighted by Gasteiger charge is 2.22. The van der Waals surface area contributed by atoms with Crippen molar-refractivity contribution in [1.82, 2.24) is 14.8 Å². The molecule has 0 N–H and O–H groups in total. The second-order valence-electron chi connectivity index (χ2n) is 6.94. The van der Waals surface area contributed by atoms with Crippen molar-refractivity contribution in [2.45, 2.75) is 13.0 Å². The summed E-state index contributed by atoms with van der Waals surface area (Å²) in [6.45, 7) is 5.31. The molecule has 0 aliphatic carbocycles. The summed E-state index contributed by atoms with van der Waals surface area (Å²) < 4.78 is 0. The van der Waals surface area contributed by atoms with Gasteiger partial charge in [0.2, 0.25) is 0 Å². The fourth-order valence-electron chi connectivity index (χ4n) is 3.59. The molecule has 2 aromatic rings. The van der Waals surface area contributed by atoms with E-state index in [1.165, 1.54) is 11.1 Å². The number of piperazine rings is 1. The number of anilines is 1. The summed E-state index contributed by atoms with van der Waals surface area (Å²) in [5.41, 5.74) is 4.45. The van der Waals surface area contributed by atoms with Crippen molar-refractivity contribution in [2.75, 3.05) is 44.7 Å². The number of rotatable bonds is 2. The Labute approximate surface area is 148 Å². The van der Waals surface area contributed by atoms with Gasteiger partial charge >= 0.3 is 0 Å². The number of aromatic nitrogens is 1. The van der Waals surface area contributed by atoms with Crippen LogP contribution in [0.2, 0.25) is 0 Å². The third-order valence-corrected chi connectivity index (χ3v) is 5.25. The maximum absolute atomic E-state index is 12.6. The summed E-state index contributed by atoms with van der Waals surface area (Å²) in [7, 11) is 2.09. The van der Waals surface area contributed by atoms with Crippen LogP contribution in [0.1, 0.15) is 21.6 Å². The highest BCUT2D eigenvalue weighted by atomic mass is 16.2. The van der Waals surface area contributed by atoms with Crippen molar-refractivity contribution < 1.29 is 4.79 Å². The number of carbonyl (C=O) groups excluding carboxylic acids is 1. The fourth-order valence-corrected chi connectivity index (χ4v) is 3.59. The van der Waals surface area contributed by atoms with Crippen LogP contribution in [-0.2, 0) is 13.0 Å². The fraction of sp³-hybridized carbons (Fsp3) is 0.400. The lowest BCUT2D eigenvalue weighted by Crippen LogP contribution is -2.47. The molecule has 5 nitrogen and oxygen atoms in total. The van der Waals surface area contributed by atoms with E-state index in [0.29, 0.717) is 5.69 Å². The van der Waals surface area contributed by atoms with E-state index in [-0.39, 0.29) is 5.91 Å². The number of nitrogens with zero attached hydrogens (tertiary/aromatic N) is 4. The molecular formula is C20H24N4O. The zero-order valence-electron chi connectivity index (χ0n) is 14.7. The quantitative estimate of drug-likeness (QED) is 0.841. The van der Waals surface area contributed by atoms with Crippen LogP contribution in [-0.4, -0.2) is 60.5 Å². The highest BCUT2D eigenvalue weighted by Crippen LogP contribution is 2.24. The number of hydrogen-bond acceptors (Lipinski definition) is 4. The Morgan fingerprint density at radius 3 is 2.44 bits per heavy atom. The molecule has 130 valence electrons. The Morgan fingerprint density at radius 1 is 0.960 bits per heavy atom. The lowest BCUT2D eigenvalue weighted by atomic mass is 10.00. The zero-order valence-corrected chi connectivity index (χ0v) is 14.7. The van der Waals surface area contributed by atoms with E-state index in [4.69, 9.17) is 0 Å². The molecule has 0 spiro atoms. The maximum Gasteiger partial charge on any atom is 0.272 e. The highest BCUT2D eigenvalue weighted by molar-refractivity contribution is 5.92. The molecular weight excluding hydrogens is 312 g/mol. The van der Waals surface area contributed by atoms with Gasteiger partial charge in [0.25, 0.3) is 5.91 Å². The van der Waals surface area contributed by atoms with E-state index >= 15 is 0 Å². The topological polar surface area (TPSA) is 39.7 Å². The molecule has 0 radical (unpaired) electrons.